The highest BCUT2D eigenvalue weighted by Crippen LogP contribution is 2.57. The van der Waals surface area contributed by atoms with Gasteiger partial charge in [-0.3, -0.25) is 29.0 Å². The molecule has 108 heavy (non-hydrogen) atoms. The first kappa shape index (κ1) is 88.4. The molecule has 8 aromatic rings. The highest BCUT2D eigenvalue weighted by molar-refractivity contribution is 6.04. The van der Waals surface area contributed by atoms with Crippen LogP contribution in [0, 0.1) is 5.82 Å². The molecule has 3 amide bonds. The van der Waals surface area contributed by atoms with Crippen LogP contribution < -0.4 is 26.8 Å². The summed E-state index contributed by atoms with van der Waals surface area (Å²) < 4.78 is 13.1. The molecule has 1 spiro atoms. The Hall–Kier alpha value is -10.2. The van der Waals surface area contributed by atoms with Gasteiger partial charge in [-0.1, -0.05) is 237 Å². The van der Waals surface area contributed by atoms with Gasteiger partial charge < -0.3 is 26.3 Å². The molecule has 6 aromatic carbocycles. The van der Waals surface area contributed by atoms with Crippen LogP contribution in [-0.2, 0) is 24.8 Å². The van der Waals surface area contributed by atoms with E-state index in [1.807, 2.05) is 62.5 Å². The lowest BCUT2D eigenvalue weighted by atomic mass is 9.94. The van der Waals surface area contributed by atoms with Gasteiger partial charge in [0.15, 0.2) is 17.3 Å². The summed E-state index contributed by atoms with van der Waals surface area (Å²) in [7, 11) is 0. The van der Waals surface area contributed by atoms with E-state index in [4.69, 9.17) is 0 Å². The number of nitrogens with one attached hydrogen (secondary N) is 5. The minimum absolute atomic E-state index is 0. The summed E-state index contributed by atoms with van der Waals surface area (Å²) in [6, 6.07) is 41.3. The average Bonchev–Trinajstić information content (AvgIpc) is 1.57. The molecule has 0 saturated heterocycles. The van der Waals surface area contributed by atoms with Crippen molar-refractivity contribution in [2.24, 2.45) is 4.99 Å². The summed E-state index contributed by atoms with van der Waals surface area (Å²) in [6.07, 6.45) is 15.6. The van der Waals surface area contributed by atoms with E-state index in [-0.39, 0.29) is 56.5 Å². The third-order valence-electron chi connectivity index (χ3n) is 20.0. The number of nitrogens with zero attached hydrogens (tertiary/aromatic N) is 2. The monoisotopic (exact) mass is 1460 g/mol. The van der Waals surface area contributed by atoms with Crippen molar-refractivity contribution in [2.75, 3.05) is 5.32 Å². The molecule has 7 aliphatic rings. The molecule has 2 aromatic heterocycles. The zero-order chi connectivity index (χ0) is 76.7. The second kappa shape index (κ2) is 39.6. The molecular weight excluding hydrogens is 1340 g/mol. The largest absolute Gasteiger partial charge is 0.348 e. The number of amides is 3. The quantitative estimate of drug-likeness (QED) is 0.0882. The van der Waals surface area contributed by atoms with Gasteiger partial charge in [-0.25, -0.2) is 14.2 Å². The number of urea groups is 1. The SMILES string of the molecule is C.C.C.C=C1NC(=O)Nc2c1cccc2C(C)C.C=C1NC=Nc2c1cccc2C(C)C.CC(=O)c1cc(C(C)C)ccc1F.CC(C)c1cc[nH]c(=O)c1.CC(C)c1ccc2c(c1)C(=O)CC2.CC(C)c1ccc2c(c1)C(=O)CC21CC1.CC(C)c1cccc2c1CNC2=O.CC(C)c1cnc2c(c1)C=CC2. The summed E-state index contributed by atoms with van der Waals surface area (Å²) >= 11 is 0. The predicted octanol–water partition coefficient (Wildman–Crippen LogP) is 23.7. The van der Waals surface area contributed by atoms with Gasteiger partial charge in [-0.05, 0) is 183 Å². The number of fused-ring (bicyclic) bond motifs is 7. The Kier molecular flexibility index (Phi) is 32.4. The molecule has 574 valence electrons. The van der Waals surface area contributed by atoms with Crippen LogP contribution >= 0.6 is 0 Å². The number of allylic oxidation sites excluding steroid dienone is 1. The van der Waals surface area contributed by atoms with E-state index in [2.05, 4.69) is 219 Å². The van der Waals surface area contributed by atoms with Gasteiger partial charge in [-0.15, -0.1) is 0 Å². The Morgan fingerprint density at radius 1 is 0.537 bits per heavy atom. The molecular formula is C94H120FN7O6. The Bertz CT molecular complexity index is 4630. The van der Waals surface area contributed by atoms with E-state index in [0.717, 1.165) is 80.8 Å². The number of Topliss-reactive ketones (excluding diaryl/α,β-unsaturated/α-hetero) is 3. The van der Waals surface area contributed by atoms with Crippen LogP contribution in [0.5, 0.6) is 0 Å². The number of H-pyrrole nitrogens is 1. The number of benzene rings is 6. The summed E-state index contributed by atoms with van der Waals surface area (Å²) in [6.45, 7) is 43.9. The molecule has 14 heteroatoms. The van der Waals surface area contributed by atoms with E-state index in [1.165, 1.54) is 81.6 Å². The molecule has 1 saturated carbocycles. The van der Waals surface area contributed by atoms with Gasteiger partial charge in [-0.2, -0.15) is 0 Å². The normalized spacial score (nSPS) is 14.1. The van der Waals surface area contributed by atoms with Crippen molar-refractivity contribution in [3.8, 4) is 0 Å². The number of hydrogen-bond donors (Lipinski definition) is 5. The predicted molar refractivity (Wildman–Crippen MR) is 451 cm³/mol. The number of para-hydroxylation sites is 2. The Labute approximate surface area is 644 Å². The second-order valence-corrected chi connectivity index (χ2v) is 30.5. The Balaban J connectivity index is 0.000000221. The number of pyridine rings is 2. The third kappa shape index (κ3) is 22.5. The third-order valence-corrected chi connectivity index (χ3v) is 20.0. The smallest absolute Gasteiger partial charge is 0.323 e. The Morgan fingerprint density at radius 3 is 1.68 bits per heavy atom. The summed E-state index contributed by atoms with van der Waals surface area (Å²) in [4.78, 5) is 79.1. The summed E-state index contributed by atoms with van der Waals surface area (Å²) in [5.41, 5.74) is 24.9. The molecule has 0 bridgehead atoms. The molecule has 5 N–H and O–H groups in total. The van der Waals surface area contributed by atoms with Crippen molar-refractivity contribution in [2.45, 2.75) is 238 Å². The number of rotatable bonds is 9. The lowest BCUT2D eigenvalue weighted by Gasteiger charge is -2.24. The van der Waals surface area contributed by atoms with Crippen LogP contribution in [-0.4, -0.2) is 45.6 Å². The minimum atomic E-state index is -0.433. The van der Waals surface area contributed by atoms with Crippen molar-refractivity contribution in [1.29, 1.82) is 0 Å². The number of aryl methyl sites for hydroxylation is 1. The lowest BCUT2D eigenvalue weighted by molar-refractivity contribution is 0.0961. The number of anilines is 1. The molecule has 0 unspecified atom stereocenters. The van der Waals surface area contributed by atoms with Gasteiger partial charge >= 0.3 is 6.03 Å². The van der Waals surface area contributed by atoms with E-state index >= 15 is 0 Å². The van der Waals surface area contributed by atoms with Crippen LogP contribution in [0.25, 0.3) is 17.5 Å². The zero-order valence-corrected chi connectivity index (χ0v) is 64.7. The Morgan fingerprint density at radius 2 is 1.09 bits per heavy atom. The number of carbonyl (C=O) groups excluding carboxylic acids is 5. The molecule has 15 rings (SSSR count). The first-order chi connectivity index (χ1) is 49.8. The topological polar surface area (TPSA) is 192 Å². The van der Waals surface area contributed by atoms with Gasteiger partial charge in [0.2, 0.25) is 5.56 Å². The average molecular weight is 1460 g/mol. The first-order valence-corrected chi connectivity index (χ1v) is 37.2. The number of ketones is 3. The molecule has 13 nitrogen and oxygen atoms in total. The number of aromatic nitrogens is 2. The molecule has 3 aliphatic heterocycles. The van der Waals surface area contributed by atoms with Crippen molar-refractivity contribution in [3.63, 3.8) is 0 Å². The summed E-state index contributed by atoms with van der Waals surface area (Å²) in [5, 5.41) is 11.3. The molecule has 0 atom stereocenters. The molecule has 1 fully saturated rings. The summed E-state index contributed by atoms with van der Waals surface area (Å²) in [5.74, 6) is 3.81. The van der Waals surface area contributed by atoms with E-state index in [0.29, 0.717) is 77.6 Å². The maximum absolute atomic E-state index is 13.1. The molecule has 0 radical (unpaired) electrons. The van der Waals surface area contributed by atoms with Gasteiger partial charge in [0.05, 0.1) is 29.0 Å². The number of aromatic amines is 1. The van der Waals surface area contributed by atoms with Crippen LogP contribution in [0.4, 0.5) is 20.6 Å². The highest BCUT2D eigenvalue weighted by atomic mass is 19.1. The molecule has 5 heterocycles. The number of hydrogen-bond acceptors (Lipinski definition) is 9. The fourth-order valence-corrected chi connectivity index (χ4v) is 13.2. The lowest BCUT2D eigenvalue weighted by Crippen LogP contribution is -2.32. The fraction of sp³-hybridized carbons (Fsp3) is 0.383. The second-order valence-electron chi connectivity index (χ2n) is 30.5. The van der Waals surface area contributed by atoms with E-state index in [1.54, 1.807) is 30.7 Å². The van der Waals surface area contributed by atoms with Crippen LogP contribution in [0.3, 0.4) is 0 Å². The molecule has 4 aliphatic carbocycles. The van der Waals surface area contributed by atoms with Crippen molar-refractivity contribution in [3.05, 3.63) is 281 Å². The van der Waals surface area contributed by atoms with Crippen LogP contribution in [0.2, 0.25) is 0 Å². The number of halogens is 1. The van der Waals surface area contributed by atoms with Gasteiger partial charge in [0.25, 0.3) is 5.91 Å². The van der Waals surface area contributed by atoms with Gasteiger partial charge in [0.1, 0.15) is 5.82 Å². The number of carbonyl (C=O) groups is 5. The van der Waals surface area contributed by atoms with Crippen molar-refractivity contribution >= 4 is 64.5 Å². The van der Waals surface area contributed by atoms with Crippen molar-refractivity contribution in [1.82, 2.24) is 25.9 Å². The fourth-order valence-electron chi connectivity index (χ4n) is 13.2. The van der Waals surface area contributed by atoms with Crippen LogP contribution in [0.1, 0.15) is 338 Å². The first-order valence-electron chi connectivity index (χ1n) is 37.2. The van der Waals surface area contributed by atoms with Crippen molar-refractivity contribution < 1.29 is 28.4 Å². The maximum Gasteiger partial charge on any atom is 0.323 e. The van der Waals surface area contributed by atoms with Crippen LogP contribution in [0.15, 0.2) is 169 Å². The van der Waals surface area contributed by atoms with E-state index < -0.39 is 5.82 Å². The van der Waals surface area contributed by atoms with E-state index in [9.17, 15) is 33.2 Å². The maximum atomic E-state index is 13.1. The highest BCUT2D eigenvalue weighted by Gasteiger charge is 2.52. The van der Waals surface area contributed by atoms with Gasteiger partial charge in [0, 0.05) is 88.9 Å². The standard InChI is InChI=1S/C14H16O.C12H14N2O.C12H14N2.C12H14O.C11H13FO.C11H13NO.C11H13N.C8H11NO.3CH4/c1-9(2)10-3-4-12-11(7-10)13(15)8-14(12)5-6-14;1-7(2)9-5-4-6-10-8(3)13-12(15)14-11(9)10;1-8(2)10-5-4-6-11-9(3)13-7-14-12(10)11;1-8(2)10-4-3-9-5-6-12(13)11(9)7-10;1-7(2)9-4-5-11(12)10(6-9)8(3)13;1-7(2)8-4-3-5-9-10(8)6-12-11(9)13;1-8(2)10-6-9-4-3-5-11(9)12-7-10;1-6(2)7-3-4-9-8(10)5-7;;;/h3-4,7,9H,5-6,8H2,1-2H3;4-7H,3H2,1-2H3,(H2,13,14,15);4-8H,3H2,1-2H3,(H,13,14);3-4,7-8H,5-6H2,1-2H3;4-7H,1-3H3;3-5,7H,6H2,1-2H3,(H,12,13);3-4,6-8H,5H2,1-2H3;3-6H,1-2H3,(H,9,10);3*1H4. The minimum Gasteiger partial charge on any atom is -0.348 e. The zero-order valence-electron chi connectivity index (χ0n) is 64.7. The number of aliphatic imine (C=N–C) groups is 1.